The van der Waals surface area contributed by atoms with Crippen LogP contribution in [0.2, 0.25) is 0 Å². The van der Waals surface area contributed by atoms with Crippen LogP contribution in [0, 0.1) is 0 Å². The molecule has 58 valence electrons. The van der Waals surface area contributed by atoms with Gasteiger partial charge in [-0.1, -0.05) is 13.8 Å². The highest BCUT2D eigenvalue weighted by Crippen LogP contribution is 1.89. The fourth-order valence-corrected chi connectivity index (χ4v) is 0.593. The van der Waals surface area contributed by atoms with E-state index in [4.69, 9.17) is 5.73 Å². The zero-order valence-corrected chi connectivity index (χ0v) is 6.83. The van der Waals surface area contributed by atoms with E-state index in [0.717, 1.165) is 5.82 Å². The van der Waals surface area contributed by atoms with Gasteiger partial charge < -0.3 is 10.3 Å². The van der Waals surface area contributed by atoms with Crippen molar-refractivity contribution in [3.63, 3.8) is 0 Å². The van der Waals surface area contributed by atoms with Crippen molar-refractivity contribution in [3.05, 3.63) is 18.2 Å². The van der Waals surface area contributed by atoms with Crippen LogP contribution < -0.4 is 5.73 Å². The van der Waals surface area contributed by atoms with Crippen molar-refractivity contribution in [1.82, 2.24) is 9.55 Å². The molecule has 3 nitrogen and oxygen atoms in total. The second-order valence-corrected chi connectivity index (χ2v) is 1.66. The Morgan fingerprint density at radius 2 is 2.20 bits per heavy atom. The average molecular weight is 141 g/mol. The van der Waals surface area contributed by atoms with Gasteiger partial charge >= 0.3 is 0 Å². The quantitative estimate of drug-likeness (QED) is 0.631. The second kappa shape index (κ2) is 4.99. The zero-order valence-electron chi connectivity index (χ0n) is 6.83. The van der Waals surface area contributed by atoms with Crippen molar-refractivity contribution in [2.24, 2.45) is 12.8 Å². The second-order valence-electron chi connectivity index (χ2n) is 1.66. The average Bonchev–Trinajstić information content (AvgIpc) is 2.39. The molecule has 3 heteroatoms. The van der Waals surface area contributed by atoms with Gasteiger partial charge in [0.1, 0.15) is 5.82 Å². The predicted octanol–water partition coefficient (Wildman–Crippen LogP) is 0.905. The first-order chi connectivity index (χ1) is 4.84. The molecule has 1 aromatic rings. The normalized spacial score (nSPS) is 8.40. The molecule has 0 unspecified atom stereocenters. The van der Waals surface area contributed by atoms with E-state index in [9.17, 15) is 0 Å². The van der Waals surface area contributed by atoms with E-state index in [1.54, 1.807) is 6.20 Å². The largest absolute Gasteiger partial charge is 0.337 e. The van der Waals surface area contributed by atoms with Crippen molar-refractivity contribution < 1.29 is 0 Å². The minimum Gasteiger partial charge on any atom is -0.337 e. The van der Waals surface area contributed by atoms with Gasteiger partial charge in [0.15, 0.2) is 0 Å². The third kappa shape index (κ3) is 2.19. The number of imidazole rings is 1. The summed E-state index contributed by atoms with van der Waals surface area (Å²) >= 11 is 0. The summed E-state index contributed by atoms with van der Waals surface area (Å²) in [5, 5.41) is 0. The van der Waals surface area contributed by atoms with Gasteiger partial charge in [0.05, 0.1) is 6.54 Å². The number of aromatic nitrogens is 2. The van der Waals surface area contributed by atoms with Gasteiger partial charge in [0.25, 0.3) is 0 Å². The fraction of sp³-hybridized carbons (Fsp3) is 0.571. The summed E-state index contributed by atoms with van der Waals surface area (Å²) in [6.07, 6.45) is 3.62. The molecule has 0 aromatic carbocycles. The first-order valence-corrected chi connectivity index (χ1v) is 3.51. The van der Waals surface area contributed by atoms with Crippen LogP contribution >= 0.6 is 0 Å². The third-order valence-corrected chi connectivity index (χ3v) is 1.10. The molecule has 1 rings (SSSR count). The van der Waals surface area contributed by atoms with Crippen LogP contribution in [-0.2, 0) is 13.6 Å². The maximum absolute atomic E-state index is 5.31. The van der Waals surface area contributed by atoms with E-state index >= 15 is 0 Å². The van der Waals surface area contributed by atoms with E-state index in [-0.39, 0.29) is 0 Å². The van der Waals surface area contributed by atoms with Gasteiger partial charge in [-0.2, -0.15) is 0 Å². The molecule has 0 radical (unpaired) electrons. The predicted molar refractivity (Wildman–Crippen MR) is 42.4 cm³/mol. The van der Waals surface area contributed by atoms with Crippen LogP contribution in [0.3, 0.4) is 0 Å². The molecule has 0 fully saturated rings. The molecule has 0 saturated carbocycles. The molecule has 1 heterocycles. The van der Waals surface area contributed by atoms with Crippen molar-refractivity contribution in [1.29, 1.82) is 0 Å². The smallest absolute Gasteiger partial charge is 0.122 e. The highest BCUT2D eigenvalue weighted by Gasteiger charge is 1.90. The van der Waals surface area contributed by atoms with Gasteiger partial charge in [-0.25, -0.2) is 4.98 Å². The molecule has 0 amide bonds. The number of nitrogens with zero attached hydrogens (tertiary/aromatic N) is 2. The van der Waals surface area contributed by atoms with Crippen molar-refractivity contribution >= 4 is 0 Å². The maximum atomic E-state index is 5.31. The van der Waals surface area contributed by atoms with Crippen LogP contribution in [0.1, 0.15) is 19.7 Å². The van der Waals surface area contributed by atoms with Gasteiger partial charge in [0, 0.05) is 19.4 Å². The Labute approximate surface area is 61.9 Å². The molecule has 0 aliphatic rings. The number of hydrogen-bond donors (Lipinski definition) is 1. The lowest BCUT2D eigenvalue weighted by Crippen LogP contribution is -2.03. The minimum absolute atomic E-state index is 0.517. The molecule has 1 aromatic heterocycles. The Balaban J connectivity index is 0.000000371. The highest BCUT2D eigenvalue weighted by atomic mass is 15.0. The van der Waals surface area contributed by atoms with Gasteiger partial charge in [-0.05, 0) is 0 Å². The summed E-state index contributed by atoms with van der Waals surface area (Å²) in [6, 6.07) is 0. The van der Waals surface area contributed by atoms with Crippen LogP contribution in [0.15, 0.2) is 12.4 Å². The Hall–Kier alpha value is -0.830. The van der Waals surface area contributed by atoms with E-state index < -0.39 is 0 Å². The number of nitrogens with two attached hydrogens (primary N) is 1. The number of rotatable bonds is 1. The molecular weight excluding hydrogens is 126 g/mol. The van der Waals surface area contributed by atoms with E-state index in [1.807, 2.05) is 31.7 Å². The Morgan fingerprint density at radius 3 is 2.40 bits per heavy atom. The van der Waals surface area contributed by atoms with E-state index in [1.165, 1.54) is 0 Å². The highest BCUT2D eigenvalue weighted by molar-refractivity contribution is 4.88. The number of aryl methyl sites for hydroxylation is 1. The SMILES string of the molecule is CC.Cn1ccnc1CN. The maximum Gasteiger partial charge on any atom is 0.122 e. The third-order valence-electron chi connectivity index (χ3n) is 1.10. The van der Waals surface area contributed by atoms with Gasteiger partial charge in [-0.15, -0.1) is 0 Å². The first kappa shape index (κ1) is 9.17. The molecule has 10 heavy (non-hydrogen) atoms. The van der Waals surface area contributed by atoms with Gasteiger partial charge in [0.2, 0.25) is 0 Å². The molecule has 0 aliphatic carbocycles. The first-order valence-electron chi connectivity index (χ1n) is 3.51. The summed E-state index contributed by atoms with van der Waals surface area (Å²) in [7, 11) is 1.93. The summed E-state index contributed by atoms with van der Waals surface area (Å²) < 4.78 is 1.90. The summed E-state index contributed by atoms with van der Waals surface area (Å²) in [6.45, 7) is 4.52. The van der Waals surface area contributed by atoms with Crippen molar-refractivity contribution in [2.75, 3.05) is 0 Å². The Morgan fingerprint density at radius 1 is 1.60 bits per heavy atom. The standard InChI is InChI=1S/C5H9N3.C2H6/c1-8-3-2-7-5(8)4-6;1-2/h2-3H,4,6H2,1H3;1-2H3. The van der Waals surface area contributed by atoms with Crippen molar-refractivity contribution in [2.45, 2.75) is 20.4 Å². The molecule has 0 spiro atoms. The summed E-state index contributed by atoms with van der Waals surface area (Å²) in [5.41, 5.74) is 5.31. The van der Waals surface area contributed by atoms with Crippen molar-refractivity contribution in [3.8, 4) is 0 Å². The monoisotopic (exact) mass is 141 g/mol. The van der Waals surface area contributed by atoms with Gasteiger partial charge in [-0.3, -0.25) is 0 Å². The van der Waals surface area contributed by atoms with E-state index in [0.29, 0.717) is 6.54 Å². The summed E-state index contributed by atoms with van der Waals surface area (Å²) in [4.78, 5) is 3.97. The summed E-state index contributed by atoms with van der Waals surface area (Å²) in [5.74, 6) is 0.921. The lowest BCUT2D eigenvalue weighted by Gasteiger charge is -1.92. The van der Waals surface area contributed by atoms with Crippen LogP contribution in [-0.4, -0.2) is 9.55 Å². The van der Waals surface area contributed by atoms with Crippen LogP contribution in [0.5, 0.6) is 0 Å². The molecule has 0 aliphatic heterocycles. The lowest BCUT2D eigenvalue weighted by atomic mass is 10.6. The molecule has 0 saturated heterocycles. The lowest BCUT2D eigenvalue weighted by molar-refractivity contribution is 0.793. The Kier molecular flexibility index (Phi) is 4.58. The topological polar surface area (TPSA) is 43.8 Å². The zero-order chi connectivity index (χ0) is 7.98. The van der Waals surface area contributed by atoms with Crippen LogP contribution in [0.25, 0.3) is 0 Å². The van der Waals surface area contributed by atoms with Crippen LogP contribution in [0.4, 0.5) is 0 Å². The molecule has 0 atom stereocenters. The minimum atomic E-state index is 0.517. The molecule has 2 N–H and O–H groups in total. The number of hydrogen-bond acceptors (Lipinski definition) is 2. The fourth-order valence-electron chi connectivity index (χ4n) is 0.593. The van der Waals surface area contributed by atoms with E-state index in [2.05, 4.69) is 4.98 Å². The molecule has 0 bridgehead atoms. The Bertz CT molecular complexity index is 169. The molecular formula is C7H15N3.